The summed E-state index contributed by atoms with van der Waals surface area (Å²) < 4.78 is 1.86. The third-order valence-corrected chi connectivity index (χ3v) is 6.34. The number of nitrogens with zero attached hydrogens (tertiary/aromatic N) is 2. The lowest BCUT2D eigenvalue weighted by molar-refractivity contribution is -0.122. The van der Waals surface area contributed by atoms with Gasteiger partial charge in [-0.3, -0.25) is 4.79 Å². The molecule has 1 aliphatic rings. The summed E-state index contributed by atoms with van der Waals surface area (Å²) in [5, 5.41) is 13.2. The van der Waals surface area contributed by atoms with Crippen molar-refractivity contribution in [2.45, 2.75) is 69.5 Å². The van der Waals surface area contributed by atoms with Crippen LogP contribution < -0.4 is 5.32 Å². The smallest absolute Gasteiger partial charge is 0.234 e. The number of nitrogens with one attached hydrogen (secondary N) is 1. The molecule has 1 amide bonds. The van der Waals surface area contributed by atoms with E-state index in [4.69, 9.17) is 0 Å². The van der Waals surface area contributed by atoms with Crippen LogP contribution in [0.25, 0.3) is 0 Å². The topological polar surface area (TPSA) is 67.2 Å². The number of aliphatic hydroxyl groups is 1. The number of aliphatic hydroxyl groups excluding tert-OH is 1. The zero-order valence-corrected chi connectivity index (χ0v) is 15.4. The lowest BCUT2D eigenvalue weighted by atomic mass is 9.86. The van der Waals surface area contributed by atoms with Gasteiger partial charge in [0, 0.05) is 13.1 Å². The van der Waals surface area contributed by atoms with Gasteiger partial charge < -0.3 is 15.0 Å². The fourth-order valence-electron chi connectivity index (χ4n) is 3.08. The van der Waals surface area contributed by atoms with Gasteiger partial charge in [0.25, 0.3) is 0 Å². The first-order chi connectivity index (χ1) is 10.9. The molecule has 0 saturated heterocycles. The van der Waals surface area contributed by atoms with Gasteiger partial charge in [-0.05, 0) is 24.7 Å². The van der Waals surface area contributed by atoms with Crippen LogP contribution in [-0.2, 0) is 18.4 Å². The maximum absolute atomic E-state index is 12.8. The van der Waals surface area contributed by atoms with Gasteiger partial charge in [-0.2, -0.15) is 0 Å². The average Bonchev–Trinajstić information content (AvgIpc) is 2.86. The monoisotopic (exact) mass is 339 g/mol. The molecule has 23 heavy (non-hydrogen) atoms. The normalized spacial score (nSPS) is 23.0. The summed E-state index contributed by atoms with van der Waals surface area (Å²) in [4.78, 5) is 17.1. The van der Waals surface area contributed by atoms with Gasteiger partial charge in [0.05, 0.1) is 23.7 Å². The van der Waals surface area contributed by atoms with Crippen molar-refractivity contribution in [3.8, 4) is 0 Å². The molecule has 2 N–H and O–H groups in total. The van der Waals surface area contributed by atoms with Crippen molar-refractivity contribution in [3.63, 3.8) is 0 Å². The summed E-state index contributed by atoms with van der Waals surface area (Å²) in [6.45, 7) is 6.32. The van der Waals surface area contributed by atoms with Crippen molar-refractivity contribution in [2.75, 3.05) is 0 Å². The molecule has 2 rings (SSSR count). The molecule has 0 aromatic carbocycles. The first-order valence-electron chi connectivity index (χ1n) is 8.52. The van der Waals surface area contributed by atoms with Gasteiger partial charge in [-0.25, -0.2) is 4.98 Å². The maximum Gasteiger partial charge on any atom is 0.234 e. The number of aromatic nitrogens is 2. The minimum Gasteiger partial charge on any atom is -0.390 e. The van der Waals surface area contributed by atoms with Gasteiger partial charge >= 0.3 is 0 Å². The Morgan fingerprint density at radius 2 is 2.17 bits per heavy atom. The highest BCUT2D eigenvalue weighted by molar-refractivity contribution is 8.00. The number of rotatable bonds is 6. The predicted molar refractivity (Wildman–Crippen MR) is 93.2 cm³/mol. The van der Waals surface area contributed by atoms with E-state index < -0.39 is 0 Å². The molecule has 1 aromatic heterocycles. The summed E-state index contributed by atoms with van der Waals surface area (Å²) in [5.41, 5.74) is 0.760. The van der Waals surface area contributed by atoms with Crippen molar-refractivity contribution in [1.82, 2.24) is 14.9 Å². The van der Waals surface area contributed by atoms with E-state index in [0.717, 1.165) is 17.3 Å². The number of hydrogen-bond acceptors (Lipinski definition) is 4. The zero-order chi connectivity index (χ0) is 17.0. The first-order valence-corrected chi connectivity index (χ1v) is 9.40. The summed E-state index contributed by atoms with van der Waals surface area (Å²) >= 11 is 1.49. The van der Waals surface area contributed by atoms with Gasteiger partial charge in [-0.15, -0.1) is 0 Å². The van der Waals surface area contributed by atoms with Crippen LogP contribution in [0.3, 0.4) is 0 Å². The first kappa shape index (κ1) is 18.3. The Balaban J connectivity index is 2.05. The third-order valence-electron chi connectivity index (χ3n) is 4.74. The lowest BCUT2D eigenvalue weighted by Gasteiger charge is -2.31. The highest BCUT2D eigenvalue weighted by Gasteiger charge is 2.30. The van der Waals surface area contributed by atoms with E-state index in [-0.39, 0.29) is 23.7 Å². The molecule has 130 valence electrons. The van der Waals surface area contributed by atoms with E-state index in [1.165, 1.54) is 31.0 Å². The summed E-state index contributed by atoms with van der Waals surface area (Å²) in [5.74, 6) is 0.880. The van der Waals surface area contributed by atoms with Crippen LogP contribution in [0.15, 0.2) is 11.4 Å². The fourth-order valence-corrected chi connectivity index (χ4v) is 4.15. The van der Waals surface area contributed by atoms with Crippen LogP contribution >= 0.6 is 11.8 Å². The lowest BCUT2D eigenvalue weighted by Crippen LogP contribution is -2.46. The van der Waals surface area contributed by atoms with E-state index in [0.29, 0.717) is 12.0 Å². The second-order valence-electron chi connectivity index (χ2n) is 6.91. The fraction of sp³-hybridized carbons (Fsp3) is 0.765. The molecule has 0 spiro atoms. The largest absolute Gasteiger partial charge is 0.390 e. The molecule has 1 fully saturated rings. The molecule has 0 aliphatic heterocycles. The van der Waals surface area contributed by atoms with Crippen LogP contribution in [0.1, 0.15) is 52.1 Å². The van der Waals surface area contributed by atoms with Crippen LogP contribution in [0.5, 0.6) is 0 Å². The number of hydrogen-bond donors (Lipinski definition) is 2. The Kier molecular flexibility index (Phi) is 6.53. The molecular formula is C17H29N3O2S. The zero-order valence-electron chi connectivity index (χ0n) is 14.6. The second-order valence-corrected chi connectivity index (χ2v) is 8.02. The van der Waals surface area contributed by atoms with E-state index in [9.17, 15) is 9.90 Å². The highest BCUT2D eigenvalue weighted by Crippen LogP contribution is 2.29. The second kappa shape index (κ2) is 8.20. The van der Waals surface area contributed by atoms with Gasteiger partial charge in [-0.1, -0.05) is 45.4 Å². The summed E-state index contributed by atoms with van der Waals surface area (Å²) in [6.07, 6.45) is 6.42. The minimum atomic E-state index is -0.170. The molecule has 1 aromatic rings. The van der Waals surface area contributed by atoms with E-state index >= 15 is 0 Å². The van der Waals surface area contributed by atoms with Gasteiger partial charge in [0.15, 0.2) is 5.16 Å². The standard InChI is InChI=1S/C17H29N3O2S/c1-11(2)15(23-17-18-9-13(10-21)20(17)4)16(22)19-14-8-6-5-7-12(14)3/h9,11-12,14-15,21H,5-8,10H2,1-4H3,(H,19,22). The van der Waals surface area contributed by atoms with E-state index in [2.05, 4.69) is 31.1 Å². The molecule has 5 nitrogen and oxygen atoms in total. The minimum absolute atomic E-state index is 0.0395. The number of amides is 1. The van der Waals surface area contributed by atoms with E-state index in [1.54, 1.807) is 6.20 Å². The van der Waals surface area contributed by atoms with Crippen LogP contribution in [-0.4, -0.2) is 31.9 Å². The maximum atomic E-state index is 12.8. The molecule has 3 unspecified atom stereocenters. The Labute approximate surface area is 143 Å². The van der Waals surface area contributed by atoms with Gasteiger partial charge in [0.1, 0.15) is 0 Å². The van der Waals surface area contributed by atoms with Crippen molar-refractivity contribution >= 4 is 17.7 Å². The summed E-state index contributed by atoms with van der Waals surface area (Å²) in [6, 6.07) is 0.299. The molecular weight excluding hydrogens is 310 g/mol. The molecule has 1 saturated carbocycles. The Morgan fingerprint density at radius 3 is 2.74 bits per heavy atom. The van der Waals surface area contributed by atoms with Crippen molar-refractivity contribution in [2.24, 2.45) is 18.9 Å². The van der Waals surface area contributed by atoms with E-state index in [1.807, 2.05) is 11.6 Å². The van der Waals surface area contributed by atoms with Crippen LogP contribution in [0.4, 0.5) is 0 Å². The molecule has 0 radical (unpaired) electrons. The SMILES string of the molecule is CC(C)C(Sc1ncc(CO)n1C)C(=O)NC1CCCCC1C. The molecule has 1 heterocycles. The number of imidazole rings is 1. The number of carbonyl (C=O) groups is 1. The molecule has 1 aliphatic carbocycles. The quantitative estimate of drug-likeness (QED) is 0.782. The van der Waals surface area contributed by atoms with Crippen LogP contribution in [0.2, 0.25) is 0 Å². The Hall–Kier alpha value is -1.01. The summed E-state index contributed by atoms with van der Waals surface area (Å²) in [7, 11) is 1.87. The van der Waals surface area contributed by atoms with Gasteiger partial charge in [0.2, 0.25) is 5.91 Å². The Morgan fingerprint density at radius 1 is 1.48 bits per heavy atom. The van der Waals surface area contributed by atoms with Crippen molar-refractivity contribution < 1.29 is 9.90 Å². The highest BCUT2D eigenvalue weighted by atomic mass is 32.2. The van der Waals surface area contributed by atoms with Crippen molar-refractivity contribution in [3.05, 3.63) is 11.9 Å². The average molecular weight is 340 g/mol. The Bertz CT molecular complexity index is 530. The third kappa shape index (κ3) is 4.51. The number of thioether (sulfide) groups is 1. The van der Waals surface area contributed by atoms with Crippen LogP contribution in [0, 0.1) is 11.8 Å². The molecule has 0 bridgehead atoms. The molecule has 6 heteroatoms. The number of carbonyl (C=O) groups excluding carboxylic acids is 1. The predicted octanol–water partition coefficient (Wildman–Crippen LogP) is 2.72. The van der Waals surface area contributed by atoms with Crippen molar-refractivity contribution in [1.29, 1.82) is 0 Å². The molecule has 3 atom stereocenters.